The van der Waals surface area contributed by atoms with Crippen molar-refractivity contribution in [3.8, 4) is 0 Å². The van der Waals surface area contributed by atoms with Crippen molar-refractivity contribution in [1.82, 2.24) is 0 Å². The van der Waals surface area contributed by atoms with E-state index in [1.54, 1.807) is 12.2 Å². The highest BCUT2D eigenvalue weighted by molar-refractivity contribution is 5.86. The molecule has 1 aromatic rings. The van der Waals surface area contributed by atoms with Crippen molar-refractivity contribution < 1.29 is 15.0 Å². The van der Waals surface area contributed by atoms with E-state index in [1.807, 2.05) is 19.1 Å². The summed E-state index contributed by atoms with van der Waals surface area (Å²) in [5, 5.41) is 20.1. The molecule has 0 radical (unpaired) electrons. The van der Waals surface area contributed by atoms with Crippen LogP contribution in [-0.2, 0) is 21.0 Å². The van der Waals surface area contributed by atoms with Crippen LogP contribution in [0.15, 0.2) is 36.4 Å². The number of allylic oxidation sites excluding steroid dienone is 2. The van der Waals surface area contributed by atoms with Gasteiger partial charge in [-0.15, -0.1) is 0 Å². The van der Waals surface area contributed by atoms with Gasteiger partial charge >= 0.3 is 5.97 Å². The predicted molar refractivity (Wildman–Crippen MR) is 105 cm³/mol. The first kappa shape index (κ1) is 18.9. The molecule has 0 aliphatic heterocycles. The number of hydrogen-bond donors (Lipinski definition) is 2. The zero-order valence-electron chi connectivity index (χ0n) is 16.5. The molecule has 0 saturated heterocycles. The van der Waals surface area contributed by atoms with E-state index in [0.717, 1.165) is 24.0 Å². The number of carboxylic acids is 1. The molecule has 0 amide bonds. The molecule has 3 heteroatoms. The molecule has 3 rings (SSSR count). The van der Waals surface area contributed by atoms with Gasteiger partial charge in [-0.05, 0) is 52.8 Å². The fourth-order valence-corrected chi connectivity index (χ4v) is 4.69. The molecule has 0 bridgehead atoms. The number of aliphatic carboxylic acids is 1. The summed E-state index contributed by atoms with van der Waals surface area (Å²) in [5.74, 6) is -1.38. The Morgan fingerprint density at radius 2 is 1.62 bits per heavy atom. The van der Waals surface area contributed by atoms with Crippen LogP contribution < -0.4 is 0 Å². The van der Waals surface area contributed by atoms with Crippen LogP contribution in [0.25, 0.3) is 0 Å². The molecule has 2 aliphatic rings. The fraction of sp³-hybridized carbons (Fsp3) is 0.522. The first-order valence-electron chi connectivity index (χ1n) is 9.42. The van der Waals surface area contributed by atoms with Crippen molar-refractivity contribution in [1.29, 1.82) is 0 Å². The van der Waals surface area contributed by atoms with Crippen LogP contribution in [0.1, 0.15) is 62.8 Å². The minimum atomic E-state index is -1.22. The predicted octanol–water partition coefficient (Wildman–Crippen LogP) is 4.40. The number of hydrogen-bond acceptors (Lipinski definition) is 2. The largest absolute Gasteiger partial charge is 0.480 e. The van der Waals surface area contributed by atoms with E-state index in [4.69, 9.17) is 0 Å². The SMILES string of the molecule is Cc1cc2c(cc1C1(C(=O)O)C=CC=CC1CO)C(C)(C)CCC2(C)C. The van der Waals surface area contributed by atoms with Crippen LogP contribution >= 0.6 is 0 Å². The van der Waals surface area contributed by atoms with E-state index < -0.39 is 17.3 Å². The van der Waals surface area contributed by atoms with Gasteiger partial charge in [-0.25, -0.2) is 0 Å². The first-order valence-corrected chi connectivity index (χ1v) is 9.42. The van der Waals surface area contributed by atoms with Crippen LogP contribution in [0.3, 0.4) is 0 Å². The summed E-state index contributed by atoms with van der Waals surface area (Å²) in [4.78, 5) is 12.5. The average Bonchev–Trinajstić information content (AvgIpc) is 2.58. The highest BCUT2D eigenvalue weighted by Crippen LogP contribution is 2.49. The first-order chi connectivity index (χ1) is 12.1. The van der Waals surface area contributed by atoms with Crippen LogP contribution in [-0.4, -0.2) is 22.8 Å². The number of benzene rings is 1. The third kappa shape index (κ3) is 2.64. The van der Waals surface area contributed by atoms with Crippen LogP contribution in [0.2, 0.25) is 0 Å². The second-order valence-electron chi connectivity index (χ2n) is 9.19. The Labute approximate surface area is 156 Å². The second-order valence-corrected chi connectivity index (χ2v) is 9.19. The van der Waals surface area contributed by atoms with Gasteiger partial charge in [0.05, 0.1) is 6.61 Å². The molecule has 2 N–H and O–H groups in total. The highest BCUT2D eigenvalue weighted by Gasteiger charge is 2.47. The Morgan fingerprint density at radius 3 is 2.15 bits per heavy atom. The smallest absolute Gasteiger partial charge is 0.318 e. The van der Waals surface area contributed by atoms with Gasteiger partial charge in [-0.3, -0.25) is 4.79 Å². The zero-order valence-corrected chi connectivity index (χ0v) is 16.5. The lowest BCUT2D eigenvalue weighted by Crippen LogP contribution is -2.44. The van der Waals surface area contributed by atoms with Crippen molar-refractivity contribution >= 4 is 5.97 Å². The Hall–Kier alpha value is -1.87. The maximum atomic E-state index is 12.5. The number of aliphatic hydroxyl groups is 1. The molecule has 2 atom stereocenters. The lowest BCUT2D eigenvalue weighted by molar-refractivity contribution is -0.143. The number of fused-ring (bicyclic) bond motifs is 1. The standard InChI is InChI=1S/C23H30O3/c1-15-12-18-19(22(4,5)11-10-21(18,2)3)13-17(15)23(20(25)26)9-7-6-8-16(23)14-24/h6-9,12-13,16,24H,10-11,14H2,1-5H3,(H,25,26). The van der Waals surface area contributed by atoms with Crippen molar-refractivity contribution in [3.63, 3.8) is 0 Å². The van der Waals surface area contributed by atoms with E-state index in [1.165, 1.54) is 11.1 Å². The van der Waals surface area contributed by atoms with Crippen molar-refractivity contribution in [2.75, 3.05) is 6.61 Å². The van der Waals surface area contributed by atoms with Gasteiger partial charge in [0.25, 0.3) is 0 Å². The lowest BCUT2D eigenvalue weighted by atomic mass is 9.60. The summed E-state index contributed by atoms with van der Waals surface area (Å²) < 4.78 is 0. The Kier molecular flexibility index (Phi) is 4.43. The molecular weight excluding hydrogens is 324 g/mol. The summed E-state index contributed by atoms with van der Waals surface area (Å²) in [6.07, 6.45) is 9.36. The number of carbonyl (C=O) groups is 1. The number of rotatable bonds is 3. The third-order valence-corrected chi connectivity index (χ3v) is 6.59. The van der Waals surface area contributed by atoms with E-state index in [0.29, 0.717) is 0 Å². The van der Waals surface area contributed by atoms with E-state index in [-0.39, 0.29) is 17.4 Å². The minimum absolute atomic E-state index is 0.00985. The van der Waals surface area contributed by atoms with Gasteiger partial charge in [0.2, 0.25) is 0 Å². The summed E-state index contributed by atoms with van der Waals surface area (Å²) in [7, 11) is 0. The Balaban J connectivity index is 2.31. The molecule has 0 fully saturated rings. The molecule has 2 aliphatic carbocycles. The topological polar surface area (TPSA) is 57.5 Å². The Morgan fingerprint density at radius 1 is 1.04 bits per heavy atom. The van der Waals surface area contributed by atoms with Crippen molar-refractivity contribution in [2.45, 2.75) is 63.7 Å². The molecule has 2 unspecified atom stereocenters. The van der Waals surface area contributed by atoms with Gasteiger partial charge in [0.15, 0.2) is 0 Å². The zero-order chi connectivity index (χ0) is 19.3. The van der Waals surface area contributed by atoms with E-state index >= 15 is 0 Å². The van der Waals surface area contributed by atoms with Gasteiger partial charge in [-0.1, -0.05) is 64.1 Å². The lowest BCUT2D eigenvalue weighted by Gasteiger charge is -2.44. The molecule has 0 saturated carbocycles. The Bertz CT molecular complexity index is 798. The minimum Gasteiger partial charge on any atom is -0.480 e. The summed E-state index contributed by atoms with van der Waals surface area (Å²) in [6, 6.07) is 4.31. The fourth-order valence-electron chi connectivity index (χ4n) is 4.69. The monoisotopic (exact) mass is 354 g/mol. The van der Waals surface area contributed by atoms with Gasteiger partial charge in [0, 0.05) is 5.92 Å². The normalized spacial score (nSPS) is 28.6. The number of aryl methyl sites for hydroxylation is 1. The maximum absolute atomic E-state index is 12.5. The van der Waals surface area contributed by atoms with E-state index in [2.05, 4.69) is 39.8 Å². The van der Waals surface area contributed by atoms with Gasteiger partial charge in [0.1, 0.15) is 5.41 Å². The summed E-state index contributed by atoms with van der Waals surface area (Å²) >= 11 is 0. The number of aliphatic hydroxyl groups excluding tert-OH is 1. The van der Waals surface area contributed by atoms with Crippen LogP contribution in [0.4, 0.5) is 0 Å². The summed E-state index contributed by atoms with van der Waals surface area (Å²) in [6.45, 7) is 10.8. The molecule has 140 valence electrons. The number of carboxylic acid groups (broad SMARTS) is 1. The van der Waals surface area contributed by atoms with E-state index in [9.17, 15) is 15.0 Å². The molecular formula is C23H30O3. The average molecular weight is 354 g/mol. The molecule has 1 aromatic carbocycles. The molecule has 0 heterocycles. The summed E-state index contributed by atoms with van der Waals surface area (Å²) in [5.41, 5.74) is 3.23. The maximum Gasteiger partial charge on any atom is 0.318 e. The molecule has 3 nitrogen and oxygen atoms in total. The molecule has 0 aromatic heterocycles. The van der Waals surface area contributed by atoms with Gasteiger partial charge < -0.3 is 10.2 Å². The van der Waals surface area contributed by atoms with Gasteiger partial charge in [-0.2, -0.15) is 0 Å². The third-order valence-electron chi connectivity index (χ3n) is 6.59. The van der Waals surface area contributed by atoms with Crippen molar-refractivity contribution in [2.24, 2.45) is 5.92 Å². The molecule has 0 spiro atoms. The van der Waals surface area contributed by atoms with Crippen molar-refractivity contribution in [3.05, 3.63) is 58.7 Å². The highest BCUT2D eigenvalue weighted by atomic mass is 16.4. The van der Waals surface area contributed by atoms with Crippen LogP contribution in [0, 0.1) is 12.8 Å². The second kappa shape index (κ2) is 6.09. The molecule has 26 heavy (non-hydrogen) atoms. The van der Waals surface area contributed by atoms with Crippen LogP contribution in [0.5, 0.6) is 0 Å². The quantitative estimate of drug-likeness (QED) is 0.846.